The van der Waals surface area contributed by atoms with E-state index in [9.17, 15) is 17.6 Å². The highest BCUT2D eigenvalue weighted by Crippen LogP contribution is 2.22. The Morgan fingerprint density at radius 2 is 1.68 bits per heavy atom. The average molecular weight is 407 g/mol. The molecule has 0 radical (unpaired) electrons. The van der Waals surface area contributed by atoms with Crippen molar-refractivity contribution in [2.45, 2.75) is 39.7 Å². The standard InChI is InChI=1S/C21H27FN2O3S/c1-15-12-16(2)14-20(13-15)24(28(4,26)27)11-5-6-21(25)23-17(3)18-7-9-19(22)10-8-18/h7-10,12-14,17H,5-6,11H2,1-4H3,(H,23,25)/t17-/m1/s1. The Hall–Kier alpha value is -2.41. The Bertz CT molecular complexity index is 907. The molecule has 7 heteroatoms. The molecule has 152 valence electrons. The first-order valence-electron chi connectivity index (χ1n) is 9.17. The first-order valence-corrected chi connectivity index (χ1v) is 11.0. The highest BCUT2D eigenvalue weighted by Gasteiger charge is 2.18. The number of amides is 1. The van der Waals surface area contributed by atoms with Gasteiger partial charge in [-0.1, -0.05) is 18.2 Å². The minimum absolute atomic E-state index is 0.175. The summed E-state index contributed by atoms with van der Waals surface area (Å²) in [6, 6.07) is 11.3. The van der Waals surface area contributed by atoms with E-state index in [4.69, 9.17) is 0 Å². The fourth-order valence-electron chi connectivity index (χ4n) is 3.11. The maximum absolute atomic E-state index is 13.0. The molecule has 1 atom stereocenters. The van der Waals surface area contributed by atoms with Crippen molar-refractivity contribution in [1.29, 1.82) is 0 Å². The highest BCUT2D eigenvalue weighted by molar-refractivity contribution is 7.92. The van der Waals surface area contributed by atoms with Gasteiger partial charge in [-0.3, -0.25) is 9.10 Å². The van der Waals surface area contributed by atoms with Gasteiger partial charge < -0.3 is 5.32 Å². The fourth-order valence-corrected chi connectivity index (χ4v) is 4.06. The molecule has 2 rings (SSSR count). The summed E-state index contributed by atoms with van der Waals surface area (Å²) in [6.45, 7) is 5.88. The second-order valence-electron chi connectivity index (χ2n) is 7.13. The van der Waals surface area contributed by atoms with Gasteiger partial charge in [-0.15, -0.1) is 0 Å². The molecular formula is C21H27FN2O3S. The topological polar surface area (TPSA) is 66.5 Å². The molecule has 1 amide bonds. The smallest absolute Gasteiger partial charge is 0.232 e. The number of carbonyl (C=O) groups is 1. The number of nitrogens with zero attached hydrogens (tertiary/aromatic N) is 1. The van der Waals surface area contributed by atoms with Gasteiger partial charge in [0.1, 0.15) is 5.82 Å². The van der Waals surface area contributed by atoms with E-state index in [1.165, 1.54) is 22.7 Å². The predicted octanol–water partition coefficient (Wildman–Crippen LogP) is 3.87. The number of benzene rings is 2. The summed E-state index contributed by atoms with van der Waals surface area (Å²) in [4.78, 5) is 12.2. The summed E-state index contributed by atoms with van der Waals surface area (Å²) in [7, 11) is -3.45. The van der Waals surface area contributed by atoms with Crippen LogP contribution in [0.25, 0.3) is 0 Å². The van der Waals surface area contributed by atoms with E-state index in [0.29, 0.717) is 12.1 Å². The van der Waals surface area contributed by atoms with E-state index in [1.54, 1.807) is 12.1 Å². The molecule has 1 N–H and O–H groups in total. The van der Waals surface area contributed by atoms with Crippen molar-refractivity contribution in [2.75, 3.05) is 17.1 Å². The number of aryl methyl sites for hydroxylation is 2. The van der Waals surface area contributed by atoms with E-state index >= 15 is 0 Å². The van der Waals surface area contributed by atoms with Gasteiger partial charge in [0, 0.05) is 13.0 Å². The molecule has 28 heavy (non-hydrogen) atoms. The van der Waals surface area contributed by atoms with E-state index in [2.05, 4.69) is 5.32 Å². The summed E-state index contributed by atoms with van der Waals surface area (Å²) in [5.74, 6) is -0.500. The van der Waals surface area contributed by atoms with Crippen molar-refractivity contribution in [2.24, 2.45) is 0 Å². The molecule has 2 aromatic rings. The first-order chi connectivity index (χ1) is 13.1. The van der Waals surface area contributed by atoms with Crippen LogP contribution < -0.4 is 9.62 Å². The second kappa shape index (κ2) is 9.19. The van der Waals surface area contributed by atoms with Crippen LogP contribution in [-0.2, 0) is 14.8 Å². The molecule has 2 aromatic carbocycles. The third kappa shape index (κ3) is 6.34. The molecule has 0 aromatic heterocycles. The normalized spacial score (nSPS) is 12.5. The SMILES string of the molecule is Cc1cc(C)cc(N(CCCC(=O)N[C@H](C)c2ccc(F)cc2)S(C)(=O)=O)c1. The number of rotatable bonds is 8. The maximum atomic E-state index is 13.0. The summed E-state index contributed by atoms with van der Waals surface area (Å²) >= 11 is 0. The lowest BCUT2D eigenvalue weighted by Gasteiger charge is -2.23. The van der Waals surface area contributed by atoms with Crippen LogP contribution in [-0.4, -0.2) is 27.1 Å². The Morgan fingerprint density at radius 3 is 2.21 bits per heavy atom. The van der Waals surface area contributed by atoms with Gasteiger partial charge in [0.2, 0.25) is 15.9 Å². The van der Waals surface area contributed by atoms with E-state index in [-0.39, 0.29) is 30.7 Å². The van der Waals surface area contributed by atoms with E-state index in [0.717, 1.165) is 16.7 Å². The van der Waals surface area contributed by atoms with Crippen LogP contribution in [0.5, 0.6) is 0 Å². The number of sulfonamides is 1. The number of hydrogen-bond acceptors (Lipinski definition) is 3. The summed E-state index contributed by atoms with van der Waals surface area (Å²) < 4.78 is 38.8. The lowest BCUT2D eigenvalue weighted by molar-refractivity contribution is -0.121. The molecular weight excluding hydrogens is 379 g/mol. The Morgan fingerprint density at radius 1 is 1.11 bits per heavy atom. The first kappa shape index (κ1) is 21.9. The van der Waals surface area contributed by atoms with Gasteiger partial charge in [0.25, 0.3) is 0 Å². The minimum atomic E-state index is -3.45. The van der Waals surface area contributed by atoms with Crippen molar-refractivity contribution < 1.29 is 17.6 Å². The van der Waals surface area contributed by atoms with Gasteiger partial charge in [-0.05, 0) is 68.1 Å². The Balaban J connectivity index is 1.96. The number of carbonyl (C=O) groups excluding carboxylic acids is 1. The molecule has 0 aliphatic rings. The van der Waals surface area contributed by atoms with Crippen LogP contribution in [0.3, 0.4) is 0 Å². The van der Waals surface area contributed by atoms with E-state index < -0.39 is 10.0 Å². The van der Waals surface area contributed by atoms with Crippen LogP contribution in [0.1, 0.15) is 42.5 Å². The van der Waals surface area contributed by atoms with Gasteiger partial charge in [0.15, 0.2) is 0 Å². The quantitative estimate of drug-likeness (QED) is 0.724. The maximum Gasteiger partial charge on any atom is 0.232 e. The van der Waals surface area contributed by atoms with Crippen molar-refractivity contribution in [1.82, 2.24) is 5.32 Å². The Kier molecular flexibility index (Phi) is 7.18. The van der Waals surface area contributed by atoms with Crippen molar-refractivity contribution in [3.63, 3.8) is 0 Å². The molecule has 5 nitrogen and oxygen atoms in total. The summed E-state index contributed by atoms with van der Waals surface area (Å²) in [5, 5.41) is 2.86. The van der Waals surface area contributed by atoms with Crippen LogP contribution in [0.4, 0.5) is 10.1 Å². The summed E-state index contributed by atoms with van der Waals surface area (Å²) in [5.41, 5.74) is 3.38. The van der Waals surface area contributed by atoms with Gasteiger partial charge in [0.05, 0.1) is 18.0 Å². The molecule has 0 saturated carbocycles. The van der Waals surface area contributed by atoms with Crippen molar-refractivity contribution in [3.05, 3.63) is 65.0 Å². The fraction of sp³-hybridized carbons (Fsp3) is 0.381. The molecule has 0 aliphatic heterocycles. The van der Waals surface area contributed by atoms with Crippen LogP contribution in [0.2, 0.25) is 0 Å². The van der Waals surface area contributed by atoms with Gasteiger partial charge >= 0.3 is 0 Å². The van der Waals surface area contributed by atoms with Gasteiger partial charge in [-0.25, -0.2) is 12.8 Å². The second-order valence-corrected chi connectivity index (χ2v) is 9.03. The van der Waals surface area contributed by atoms with Crippen LogP contribution in [0, 0.1) is 19.7 Å². The molecule has 0 heterocycles. The number of hydrogen-bond donors (Lipinski definition) is 1. The van der Waals surface area contributed by atoms with Gasteiger partial charge in [-0.2, -0.15) is 0 Å². The molecule has 0 spiro atoms. The van der Waals surface area contributed by atoms with Crippen molar-refractivity contribution >= 4 is 21.6 Å². The molecule has 0 bridgehead atoms. The minimum Gasteiger partial charge on any atom is -0.350 e. The van der Waals surface area contributed by atoms with Crippen LogP contribution >= 0.6 is 0 Å². The highest BCUT2D eigenvalue weighted by atomic mass is 32.2. The third-order valence-electron chi connectivity index (χ3n) is 4.41. The number of anilines is 1. The zero-order chi connectivity index (χ0) is 20.9. The zero-order valence-electron chi connectivity index (χ0n) is 16.7. The number of halogens is 1. The van der Waals surface area contributed by atoms with Crippen LogP contribution in [0.15, 0.2) is 42.5 Å². The summed E-state index contributed by atoms with van der Waals surface area (Å²) in [6.07, 6.45) is 1.76. The molecule has 0 saturated heterocycles. The lowest BCUT2D eigenvalue weighted by Crippen LogP contribution is -2.32. The zero-order valence-corrected chi connectivity index (χ0v) is 17.5. The van der Waals surface area contributed by atoms with Crippen molar-refractivity contribution in [3.8, 4) is 0 Å². The average Bonchev–Trinajstić information content (AvgIpc) is 2.57. The lowest BCUT2D eigenvalue weighted by atomic mass is 10.1. The monoisotopic (exact) mass is 406 g/mol. The molecule has 0 aliphatic carbocycles. The van der Waals surface area contributed by atoms with E-state index in [1.807, 2.05) is 39.0 Å². The number of nitrogens with one attached hydrogen (secondary N) is 1. The Labute approximate surface area is 166 Å². The molecule has 0 unspecified atom stereocenters. The third-order valence-corrected chi connectivity index (χ3v) is 5.60. The predicted molar refractivity (Wildman–Crippen MR) is 110 cm³/mol. The largest absolute Gasteiger partial charge is 0.350 e. The molecule has 0 fully saturated rings.